The fraction of sp³-hybridized carbons (Fsp3) is 0.208. The number of hydrogen-bond donors (Lipinski definition) is 2. The number of amides is 1. The highest BCUT2D eigenvalue weighted by atomic mass is 32.2. The second-order valence-corrected chi connectivity index (χ2v) is 10.5. The fourth-order valence-electron chi connectivity index (χ4n) is 3.43. The Labute approximate surface area is 186 Å². The number of hydrogen-bond acceptors (Lipinski definition) is 5. The van der Waals surface area contributed by atoms with Crippen molar-refractivity contribution in [3.8, 4) is 11.3 Å². The van der Waals surface area contributed by atoms with Gasteiger partial charge in [0.05, 0.1) is 27.6 Å². The van der Waals surface area contributed by atoms with E-state index in [1.54, 1.807) is 50.5 Å². The molecule has 32 heavy (non-hydrogen) atoms. The van der Waals surface area contributed by atoms with Crippen molar-refractivity contribution in [2.45, 2.75) is 37.8 Å². The number of sulfone groups is 1. The fourth-order valence-corrected chi connectivity index (χ4v) is 4.49. The molecule has 7 nitrogen and oxygen atoms in total. The predicted octanol–water partition coefficient (Wildman–Crippen LogP) is 4.68. The van der Waals surface area contributed by atoms with Crippen molar-refractivity contribution in [1.29, 1.82) is 0 Å². The lowest BCUT2D eigenvalue weighted by atomic mass is 10.1. The third-order valence-corrected chi connectivity index (χ3v) is 7.53. The van der Waals surface area contributed by atoms with E-state index in [0.29, 0.717) is 28.0 Å². The summed E-state index contributed by atoms with van der Waals surface area (Å²) in [5, 5.41) is 2.43. The number of aryl methyl sites for hydroxylation is 2. The molecule has 2 heterocycles. The van der Waals surface area contributed by atoms with E-state index in [-0.39, 0.29) is 10.8 Å². The molecule has 4 aromatic rings. The minimum absolute atomic E-state index is 0.264. The van der Waals surface area contributed by atoms with Gasteiger partial charge in [-0.15, -0.1) is 0 Å². The van der Waals surface area contributed by atoms with Crippen molar-refractivity contribution >= 4 is 32.6 Å². The normalized spacial score (nSPS) is 11.8. The summed E-state index contributed by atoms with van der Waals surface area (Å²) in [7, 11) is -3.35. The van der Waals surface area contributed by atoms with Gasteiger partial charge in [-0.3, -0.25) is 4.79 Å². The van der Waals surface area contributed by atoms with Gasteiger partial charge in [0.15, 0.2) is 15.5 Å². The monoisotopic (exact) mass is 448 g/mol. The molecular weight excluding hydrogens is 424 g/mol. The molecule has 0 bridgehead atoms. The zero-order valence-electron chi connectivity index (χ0n) is 18.3. The first-order valence-corrected chi connectivity index (χ1v) is 11.8. The number of carbonyl (C=O) groups excluding carboxylic acids is 1. The van der Waals surface area contributed by atoms with Gasteiger partial charge >= 0.3 is 0 Å². The Morgan fingerprint density at radius 2 is 1.78 bits per heavy atom. The largest absolute Gasteiger partial charge is 0.344 e. The molecule has 4 rings (SSSR count). The molecule has 1 amide bonds. The van der Waals surface area contributed by atoms with Crippen LogP contribution >= 0.6 is 0 Å². The molecule has 0 unspecified atom stereocenters. The summed E-state index contributed by atoms with van der Waals surface area (Å²) in [4.78, 5) is 25.2. The Morgan fingerprint density at radius 3 is 2.44 bits per heavy atom. The van der Waals surface area contributed by atoms with Crippen LogP contribution in [0.1, 0.15) is 35.3 Å². The molecule has 0 aliphatic rings. The lowest BCUT2D eigenvalue weighted by molar-refractivity contribution is 0.102. The first-order chi connectivity index (χ1) is 15.2. The lowest BCUT2D eigenvalue weighted by Gasteiger charge is -2.09. The zero-order chi connectivity index (χ0) is 23.0. The van der Waals surface area contributed by atoms with Gasteiger partial charge in [-0.25, -0.2) is 18.4 Å². The van der Waals surface area contributed by atoms with Crippen LogP contribution in [0, 0.1) is 13.8 Å². The minimum atomic E-state index is -3.35. The number of aromatic amines is 1. The first-order valence-electron chi connectivity index (χ1n) is 10.2. The number of H-pyrrole nitrogens is 1. The van der Waals surface area contributed by atoms with Crippen molar-refractivity contribution in [1.82, 2.24) is 15.0 Å². The van der Waals surface area contributed by atoms with E-state index in [2.05, 4.69) is 20.3 Å². The third kappa shape index (κ3) is 4.01. The smallest absolute Gasteiger partial charge is 0.259 e. The van der Waals surface area contributed by atoms with Crippen LogP contribution in [0.3, 0.4) is 0 Å². The Kier molecular flexibility index (Phi) is 5.56. The van der Waals surface area contributed by atoms with E-state index < -0.39 is 15.1 Å². The molecule has 0 saturated carbocycles. The molecule has 2 N–H and O–H groups in total. The van der Waals surface area contributed by atoms with Gasteiger partial charge in [0.1, 0.15) is 5.52 Å². The van der Waals surface area contributed by atoms with Crippen molar-refractivity contribution in [2.75, 3.05) is 5.32 Å². The zero-order valence-corrected chi connectivity index (χ0v) is 19.1. The van der Waals surface area contributed by atoms with Gasteiger partial charge in [0, 0.05) is 17.4 Å². The molecule has 0 atom stereocenters. The number of nitrogens with zero attached hydrogens (tertiary/aromatic N) is 2. The van der Waals surface area contributed by atoms with Crippen molar-refractivity contribution < 1.29 is 13.2 Å². The van der Waals surface area contributed by atoms with Crippen LogP contribution in [0.25, 0.3) is 22.4 Å². The van der Waals surface area contributed by atoms with Crippen LogP contribution < -0.4 is 5.32 Å². The third-order valence-electron chi connectivity index (χ3n) is 5.35. The van der Waals surface area contributed by atoms with E-state index in [1.807, 2.05) is 32.0 Å². The predicted molar refractivity (Wildman–Crippen MR) is 126 cm³/mol. The molecule has 2 aromatic carbocycles. The molecular formula is C24H24N4O3S. The van der Waals surface area contributed by atoms with Gasteiger partial charge in [-0.1, -0.05) is 29.8 Å². The summed E-state index contributed by atoms with van der Waals surface area (Å²) in [5.41, 5.74) is 5.42. The van der Waals surface area contributed by atoms with Crippen molar-refractivity contribution in [2.24, 2.45) is 0 Å². The van der Waals surface area contributed by atoms with Crippen LogP contribution in [-0.4, -0.2) is 34.5 Å². The molecule has 164 valence electrons. The number of nitrogens with one attached hydrogen (secondary N) is 2. The average molecular weight is 449 g/mol. The average Bonchev–Trinajstić information content (AvgIpc) is 3.19. The van der Waals surface area contributed by atoms with E-state index >= 15 is 0 Å². The van der Waals surface area contributed by atoms with Crippen molar-refractivity contribution in [3.63, 3.8) is 0 Å². The van der Waals surface area contributed by atoms with Gasteiger partial charge in [-0.2, -0.15) is 0 Å². The molecule has 2 aromatic heterocycles. The SMILES string of the molecule is Cc1ccc(NC(=O)c2c[nH]c3ncc(-c4ccc(S(=O)(=O)C(C)C)cc4)nc23)c(C)c1. The summed E-state index contributed by atoms with van der Waals surface area (Å²) < 4.78 is 24.7. The van der Waals surface area contributed by atoms with Crippen LogP contribution in [0.4, 0.5) is 5.69 Å². The molecule has 0 radical (unpaired) electrons. The Morgan fingerprint density at radius 1 is 1.06 bits per heavy atom. The summed E-state index contributed by atoms with van der Waals surface area (Å²) in [6.45, 7) is 7.25. The summed E-state index contributed by atoms with van der Waals surface area (Å²) in [6.07, 6.45) is 3.18. The summed E-state index contributed by atoms with van der Waals surface area (Å²) >= 11 is 0. The minimum Gasteiger partial charge on any atom is -0.344 e. The lowest BCUT2D eigenvalue weighted by Crippen LogP contribution is -2.13. The van der Waals surface area contributed by atoms with Crippen LogP contribution in [0.15, 0.2) is 59.8 Å². The quantitative estimate of drug-likeness (QED) is 0.461. The Hall–Kier alpha value is -3.52. The molecule has 8 heteroatoms. The maximum Gasteiger partial charge on any atom is 0.259 e. The second kappa shape index (κ2) is 8.20. The second-order valence-electron chi connectivity index (χ2n) is 8.05. The first kappa shape index (κ1) is 21.7. The maximum atomic E-state index is 12.9. The summed E-state index contributed by atoms with van der Waals surface area (Å²) in [6, 6.07) is 12.4. The van der Waals surface area contributed by atoms with Crippen LogP contribution in [0.2, 0.25) is 0 Å². The van der Waals surface area contributed by atoms with Crippen LogP contribution in [-0.2, 0) is 9.84 Å². The van der Waals surface area contributed by atoms with Crippen molar-refractivity contribution in [3.05, 3.63) is 71.5 Å². The van der Waals surface area contributed by atoms with E-state index in [0.717, 1.165) is 16.8 Å². The molecule has 0 aliphatic carbocycles. The molecule has 0 saturated heterocycles. The van der Waals surface area contributed by atoms with Gasteiger partial charge in [0.25, 0.3) is 5.91 Å². The highest BCUT2D eigenvalue weighted by Crippen LogP contribution is 2.25. The van der Waals surface area contributed by atoms with E-state index in [9.17, 15) is 13.2 Å². The highest BCUT2D eigenvalue weighted by molar-refractivity contribution is 7.92. The maximum absolute atomic E-state index is 12.9. The van der Waals surface area contributed by atoms with Gasteiger partial charge < -0.3 is 10.3 Å². The van der Waals surface area contributed by atoms with Gasteiger partial charge in [0.2, 0.25) is 0 Å². The topological polar surface area (TPSA) is 105 Å². The standard InChI is InChI=1S/C24H24N4O3S/c1-14(2)32(30,31)18-8-6-17(7-9-18)21-13-26-23-22(27-21)19(12-25-23)24(29)28-20-10-5-15(3)11-16(20)4/h5-14H,1-4H3,(H,25,26)(H,28,29). The molecule has 0 aliphatic heterocycles. The molecule has 0 fully saturated rings. The molecule has 0 spiro atoms. The van der Waals surface area contributed by atoms with E-state index in [4.69, 9.17) is 0 Å². The number of rotatable bonds is 5. The number of fused-ring (bicyclic) bond motifs is 1. The number of aromatic nitrogens is 3. The number of carbonyl (C=O) groups is 1. The van der Waals surface area contributed by atoms with Gasteiger partial charge in [-0.05, 0) is 51.5 Å². The highest BCUT2D eigenvalue weighted by Gasteiger charge is 2.20. The Balaban J connectivity index is 1.66. The van der Waals surface area contributed by atoms with Crippen LogP contribution in [0.5, 0.6) is 0 Å². The summed E-state index contributed by atoms with van der Waals surface area (Å²) in [5.74, 6) is -0.284. The number of anilines is 1. The number of benzene rings is 2. The van der Waals surface area contributed by atoms with E-state index in [1.165, 1.54) is 0 Å². The Bertz CT molecular complexity index is 1420.